The Bertz CT molecular complexity index is 1190. The van der Waals surface area contributed by atoms with Crippen LogP contribution < -0.4 is 24.8 Å². The molecule has 3 amide bonds. The SMILES string of the molecule is COc1ccc([C@@H]2c3cc(OC)c(OC)cc3CCN2C(=O)N[C@H](C)C(=O)NCc2ccco2)cc1. The highest BCUT2D eigenvalue weighted by Crippen LogP contribution is 2.41. The van der Waals surface area contributed by atoms with Gasteiger partial charge in [-0.1, -0.05) is 12.1 Å². The second-order valence-corrected chi connectivity index (χ2v) is 8.49. The van der Waals surface area contributed by atoms with Crippen molar-refractivity contribution in [3.63, 3.8) is 0 Å². The molecule has 190 valence electrons. The van der Waals surface area contributed by atoms with E-state index in [9.17, 15) is 9.59 Å². The minimum atomic E-state index is -0.740. The highest BCUT2D eigenvalue weighted by atomic mass is 16.5. The minimum absolute atomic E-state index is 0.249. The van der Waals surface area contributed by atoms with E-state index < -0.39 is 12.1 Å². The molecule has 0 unspecified atom stereocenters. The van der Waals surface area contributed by atoms with Gasteiger partial charge < -0.3 is 34.2 Å². The summed E-state index contributed by atoms with van der Waals surface area (Å²) < 4.78 is 21.6. The summed E-state index contributed by atoms with van der Waals surface area (Å²) in [5, 5.41) is 5.63. The van der Waals surface area contributed by atoms with Crippen molar-refractivity contribution >= 4 is 11.9 Å². The molecule has 0 bridgehead atoms. The number of ether oxygens (including phenoxy) is 3. The standard InChI is InChI=1S/C27H31N3O6/c1-17(26(31)28-16-21-6-5-13-36-21)29-27(32)30-12-11-19-14-23(34-3)24(35-4)15-22(19)25(30)18-7-9-20(33-2)10-8-18/h5-10,13-15,17,25H,11-12,16H2,1-4H3,(H,28,31)(H,29,32)/t17-,25-/m1/s1. The van der Waals surface area contributed by atoms with Gasteiger partial charge in [0.1, 0.15) is 17.6 Å². The molecule has 2 heterocycles. The normalized spacial score (nSPS) is 15.4. The Balaban J connectivity index is 1.59. The second kappa shape index (κ2) is 11.1. The zero-order chi connectivity index (χ0) is 25.7. The van der Waals surface area contributed by atoms with Gasteiger partial charge in [-0.05, 0) is 66.4 Å². The van der Waals surface area contributed by atoms with Crippen LogP contribution in [0.2, 0.25) is 0 Å². The molecule has 0 saturated carbocycles. The van der Waals surface area contributed by atoms with Gasteiger partial charge in [-0.25, -0.2) is 4.79 Å². The molecule has 0 saturated heterocycles. The first-order chi connectivity index (χ1) is 17.4. The van der Waals surface area contributed by atoms with Gasteiger partial charge in [0.2, 0.25) is 5.91 Å². The van der Waals surface area contributed by atoms with Gasteiger partial charge >= 0.3 is 6.03 Å². The van der Waals surface area contributed by atoms with Gasteiger partial charge in [-0.2, -0.15) is 0 Å². The van der Waals surface area contributed by atoms with Crippen LogP contribution in [0, 0.1) is 0 Å². The molecule has 9 heteroatoms. The summed E-state index contributed by atoms with van der Waals surface area (Å²) >= 11 is 0. The van der Waals surface area contributed by atoms with E-state index in [1.807, 2.05) is 36.4 Å². The van der Waals surface area contributed by atoms with Crippen molar-refractivity contribution in [2.45, 2.75) is 32.0 Å². The topological polar surface area (TPSA) is 102 Å². The number of hydrogen-bond acceptors (Lipinski definition) is 6. The Morgan fingerprint density at radius 1 is 1.06 bits per heavy atom. The number of nitrogens with one attached hydrogen (secondary N) is 2. The van der Waals surface area contributed by atoms with E-state index in [0.29, 0.717) is 30.2 Å². The Morgan fingerprint density at radius 2 is 1.78 bits per heavy atom. The van der Waals surface area contributed by atoms with Crippen LogP contribution in [-0.4, -0.2) is 50.8 Å². The molecule has 2 N–H and O–H groups in total. The van der Waals surface area contributed by atoms with Gasteiger partial charge in [0.25, 0.3) is 0 Å². The van der Waals surface area contributed by atoms with E-state index >= 15 is 0 Å². The fraction of sp³-hybridized carbons (Fsp3) is 0.333. The molecule has 2 atom stereocenters. The van der Waals surface area contributed by atoms with E-state index in [2.05, 4.69) is 10.6 Å². The van der Waals surface area contributed by atoms with Gasteiger partial charge in [0.05, 0.1) is 40.2 Å². The van der Waals surface area contributed by atoms with E-state index in [1.54, 1.807) is 51.5 Å². The molecule has 2 aromatic carbocycles. The van der Waals surface area contributed by atoms with Gasteiger partial charge in [-0.15, -0.1) is 0 Å². The maximum atomic E-state index is 13.5. The van der Waals surface area contributed by atoms with Gasteiger partial charge in [0, 0.05) is 6.54 Å². The monoisotopic (exact) mass is 493 g/mol. The number of carbonyl (C=O) groups excluding carboxylic acids is 2. The number of fused-ring (bicyclic) bond motifs is 1. The number of furan rings is 1. The zero-order valence-corrected chi connectivity index (χ0v) is 20.9. The maximum absolute atomic E-state index is 13.5. The highest BCUT2D eigenvalue weighted by molar-refractivity contribution is 5.87. The molecule has 0 spiro atoms. The third kappa shape index (κ3) is 5.25. The Morgan fingerprint density at radius 3 is 2.42 bits per heavy atom. The average molecular weight is 494 g/mol. The summed E-state index contributed by atoms with van der Waals surface area (Å²) in [7, 11) is 4.80. The summed E-state index contributed by atoms with van der Waals surface area (Å²) in [5.41, 5.74) is 2.92. The fourth-order valence-electron chi connectivity index (χ4n) is 4.38. The summed E-state index contributed by atoms with van der Waals surface area (Å²) in [6, 6.07) is 13.6. The number of carbonyl (C=O) groups is 2. The number of rotatable bonds is 8. The molecule has 1 aliphatic heterocycles. The smallest absolute Gasteiger partial charge is 0.318 e. The lowest BCUT2D eigenvalue weighted by Crippen LogP contribution is -2.52. The first kappa shape index (κ1) is 25.0. The lowest BCUT2D eigenvalue weighted by atomic mass is 9.87. The molecule has 3 aromatic rings. The summed E-state index contributed by atoms with van der Waals surface area (Å²) in [6.07, 6.45) is 2.18. The third-order valence-electron chi connectivity index (χ3n) is 6.32. The number of urea groups is 1. The quantitative estimate of drug-likeness (QED) is 0.497. The van der Waals surface area contributed by atoms with E-state index in [-0.39, 0.29) is 18.5 Å². The average Bonchev–Trinajstić information content (AvgIpc) is 3.43. The second-order valence-electron chi connectivity index (χ2n) is 8.49. The van der Waals surface area contributed by atoms with Crippen LogP contribution in [0.25, 0.3) is 0 Å². The summed E-state index contributed by atoms with van der Waals surface area (Å²) in [6.45, 7) is 2.37. The largest absolute Gasteiger partial charge is 0.497 e. The van der Waals surface area contributed by atoms with Crippen molar-refractivity contribution in [2.75, 3.05) is 27.9 Å². The van der Waals surface area contributed by atoms with Crippen molar-refractivity contribution in [1.82, 2.24) is 15.5 Å². The first-order valence-corrected chi connectivity index (χ1v) is 11.7. The van der Waals surface area contributed by atoms with E-state index in [4.69, 9.17) is 18.6 Å². The van der Waals surface area contributed by atoms with Gasteiger partial charge in [-0.3, -0.25) is 4.79 Å². The fourth-order valence-corrected chi connectivity index (χ4v) is 4.38. The highest BCUT2D eigenvalue weighted by Gasteiger charge is 2.34. The Labute approximate surface area is 210 Å². The number of methoxy groups -OCH3 is 3. The minimum Gasteiger partial charge on any atom is -0.497 e. The van der Waals surface area contributed by atoms with Crippen molar-refractivity contribution < 1.29 is 28.2 Å². The van der Waals surface area contributed by atoms with Crippen molar-refractivity contribution in [1.29, 1.82) is 0 Å². The predicted molar refractivity (Wildman–Crippen MR) is 133 cm³/mol. The number of benzene rings is 2. The van der Waals surface area contributed by atoms with Crippen LogP contribution in [-0.2, 0) is 17.8 Å². The van der Waals surface area contributed by atoms with Crippen molar-refractivity contribution in [2.24, 2.45) is 0 Å². The van der Waals surface area contributed by atoms with Crippen LogP contribution in [0.15, 0.2) is 59.2 Å². The summed E-state index contributed by atoms with van der Waals surface area (Å²) in [5.74, 6) is 2.29. The molecule has 0 fully saturated rings. The number of nitrogens with zero attached hydrogens (tertiary/aromatic N) is 1. The third-order valence-corrected chi connectivity index (χ3v) is 6.32. The van der Waals surface area contributed by atoms with Crippen molar-refractivity contribution in [3.8, 4) is 17.2 Å². The Kier molecular flexibility index (Phi) is 7.68. The number of amides is 3. The molecule has 9 nitrogen and oxygen atoms in total. The van der Waals surface area contributed by atoms with Gasteiger partial charge in [0.15, 0.2) is 11.5 Å². The molecule has 1 aromatic heterocycles. The van der Waals surface area contributed by atoms with E-state index in [1.165, 1.54) is 0 Å². The van der Waals surface area contributed by atoms with Crippen molar-refractivity contribution in [3.05, 3.63) is 77.2 Å². The lowest BCUT2D eigenvalue weighted by molar-refractivity contribution is -0.122. The summed E-state index contributed by atoms with van der Waals surface area (Å²) in [4.78, 5) is 27.8. The predicted octanol–water partition coefficient (Wildman–Crippen LogP) is 3.67. The van der Waals surface area contributed by atoms with Crippen LogP contribution in [0.4, 0.5) is 4.79 Å². The van der Waals surface area contributed by atoms with Crippen LogP contribution in [0.1, 0.15) is 35.4 Å². The number of hydrogen-bond donors (Lipinski definition) is 2. The zero-order valence-electron chi connectivity index (χ0n) is 20.9. The maximum Gasteiger partial charge on any atom is 0.318 e. The molecular formula is C27H31N3O6. The van der Waals surface area contributed by atoms with Crippen LogP contribution in [0.5, 0.6) is 17.2 Å². The molecule has 0 aliphatic carbocycles. The lowest BCUT2D eigenvalue weighted by Gasteiger charge is -2.38. The van der Waals surface area contributed by atoms with E-state index in [0.717, 1.165) is 22.4 Å². The molecule has 0 radical (unpaired) electrons. The molecule has 4 rings (SSSR count). The molecular weight excluding hydrogens is 462 g/mol. The molecule has 36 heavy (non-hydrogen) atoms. The molecule has 1 aliphatic rings. The Hall–Kier alpha value is -4.14. The van der Waals surface area contributed by atoms with Crippen LogP contribution in [0.3, 0.4) is 0 Å². The van der Waals surface area contributed by atoms with Crippen LogP contribution >= 0.6 is 0 Å². The first-order valence-electron chi connectivity index (χ1n) is 11.7.